The molecule has 0 radical (unpaired) electrons. The third-order valence-corrected chi connectivity index (χ3v) is 4.54. The molecule has 5 nitrogen and oxygen atoms in total. The Bertz CT molecular complexity index is 495. The Morgan fingerprint density at radius 3 is 2.76 bits per heavy atom. The minimum Gasteiger partial charge on any atom is -0.480 e. The lowest BCUT2D eigenvalue weighted by Crippen LogP contribution is -2.52. The molecule has 1 aromatic carbocycles. The quantitative estimate of drug-likeness (QED) is 0.890. The molecule has 0 bridgehead atoms. The molecule has 1 aliphatic heterocycles. The van der Waals surface area contributed by atoms with E-state index in [0.29, 0.717) is 24.8 Å². The highest BCUT2D eigenvalue weighted by atomic mass is 32.2. The van der Waals surface area contributed by atoms with Gasteiger partial charge in [0.2, 0.25) is 0 Å². The maximum atomic E-state index is 12.2. The first-order valence-electron chi connectivity index (χ1n) is 7.00. The number of nitrogens with one attached hydrogen (secondary N) is 1. The molecule has 2 amide bonds. The minimum absolute atomic E-state index is 0.287. The Labute approximate surface area is 128 Å². The van der Waals surface area contributed by atoms with Gasteiger partial charge in [-0.3, -0.25) is 0 Å². The number of rotatable bonds is 4. The van der Waals surface area contributed by atoms with E-state index in [0.717, 1.165) is 11.3 Å². The number of carbonyl (C=O) groups is 2. The van der Waals surface area contributed by atoms with E-state index in [1.807, 2.05) is 42.1 Å². The first-order chi connectivity index (χ1) is 10.1. The lowest BCUT2D eigenvalue weighted by Gasteiger charge is -2.31. The summed E-state index contributed by atoms with van der Waals surface area (Å²) in [4.78, 5) is 25.2. The second-order valence-electron chi connectivity index (χ2n) is 5.16. The van der Waals surface area contributed by atoms with Gasteiger partial charge in [-0.2, -0.15) is 11.8 Å². The van der Waals surface area contributed by atoms with Crippen LogP contribution < -0.4 is 5.32 Å². The second kappa shape index (κ2) is 7.36. The van der Waals surface area contributed by atoms with E-state index in [1.54, 1.807) is 4.90 Å². The van der Waals surface area contributed by atoms with E-state index >= 15 is 0 Å². The largest absolute Gasteiger partial charge is 0.480 e. The first-order valence-corrected chi connectivity index (χ1v) is 8.05. The molecule has 1 saturated heterocycles. The number of urea groups is 1. The summed E-state index contributed by atoms with van der Waals surface area (Å²) in [6, 6.07) is 8.14. The van der Waals surface area contributed by atoms with Crippen molar-refractivity contribution in [3.05, 3.63) is 35.9 Å². The van der Waals surface area contributed by atoms with Crippen LogP contribution in [0.3, 0.4) is 0 Å². The molecule has 0 spiro atoms. The summed E-state index contributed by atoms with van der Waals surface area (Å²) in [6.07, 6.45) is 0.292. The molecule has 6 heteroatoms. The Balaban J connectivity index is 1.96. The van der Waals surface area contributed by atoms with Crippen LogP contribution in [0.15, 0.2) is 30.3 Å². The fourth-order valence-electron chi connectivity index (χ4n) is 2.29. The smallest absolute Gasteiger partial charge is 0.326 e. The van der Waals surface area contributed by atoms with E-state index in [4.69, 9.17) is 0 Å². The number of aliphatic carboxylic acids is 1. The lowest BCUT2D eigenvalue weighted by atomic mass is 10.1. The summed E-state index contributed by atoms with van der Waals surface area (Å²) >= 11 is 1.83. The number of benzene rings is 1. The predicted molar refractivity (Wildman–Crippen MR) is 83.6 cm³/mol. The van der Waals surface area contributed by atoms with E-state index in [1.165, 1.54) is 0 Å². The van der Waals surface area contributed by atoms with Crippen molar-refractivity contribution < 1.29 is 14.7 Å². The van der Waals surface area contributed by atoms with Gasteiger partial charge in [-0.05, 0) is 5.56 Å². The average Bonchev–Trinajstić information content (AvgIpc) is 2.47. The van der Waals surface area contributed by atoms with Gasteiger partial charge >= 0.3 is 12.0 Å². The van der Waals surface area contributed by atoms with Gasteiger partial charge in [-0.25, -0.2) is 9.59 Å². The third-order valence-electron chi connectivity index (χ3n) is 3.41. The normalized spacial score (nSPS) is 19.9. The van der Waals surface area contributed by atoms with Crippen molar-refractivity contribution in [3.8, 4) is 0 Å². The van der Waals surface area contributed by atoms with E-state index in [2.05, 4.69) is 12.2 Å². The van der Waals surface area contributed by atoms with Crippen LogP contribution in [0.1, 0.15) is 12.5 Å². The van der Waals surface area contributed by atoms with Crippen LogP contribution in [-0.4, -0.2) is 52.1 Å². The molecule has 0 aromatic heterocycles. The monoisotopic (exact) mass is 308 g/mol. The van der Waals surface area contributed by atoms with Crippen molar-refractivity contribution in [1.82, 2.24) is 10.2 Å². The average molecular weight is 308 g/mol. The molecule has 2 rings (SSSR count). The summed E-state index contributed by atoms with van der Waals surface area (Å²) in [5.41, 5.74) is 0.896. The van der Waals surface area contributed by atoms with Gasteiger partial charge in [-0.15, -0.1) is 0 Å². The summed E-state index contributed by atoms with van der Waals surface area (Å²) in [5, 5.41) is 12.3. The number of hydrogen-bond donors (Lipinski definition) is 2. The van der Waals surface area contributed by atoms with Gasteiger partial charge in [0.25, 0.3) is 0 Å². The van der Waals surface area contributed by atoms with E-state index in [9.17, 15) is 14.7 Å². The van der Waals surface area contributed by atoms with Crippen molar-refractivity contribution in [2.24, 2.45) is 0 Å². The van der Waals surface area contributed by atoms with Crippen molar-refractivity contribution in [2.45, 2.75) is 24.6 Å². The van der Waals surface area contributed by atoms with Crippen molar-refractivity contribution in [2.75, 3.05) is 18.8 Å². The number of carbonyl (C=O) groups excluding carboxylic acids is 1. The van der Waals surface area contributed by atoms with Crippen LogP contribution >= 0.6 is 11.8 Å². The molecule has 2 N–H and O–H groups in total. The molecule has 1 aromatic rings. The van der Waals surface area contributed by atoms with Crippen LogP contribution in [0.2, 0.25) is 0 Å². The van der Waals surface area contributed by atoms with Crippen LogP contribution in [0.4, 0.5) is 4.79 Å². The number of hydrogen-bond acceptors (Lipinski definition) is 3. The fraction of sp³-hybridized carbons (Fsp3) is 0.467. The van der Waals surface area contributed by atoms with Crippen molar-refractivity contribution >= 4 is 23.8 Å². The summed E-state index contributed by atoms with van der Waals surface area (Å²) in [7, 11) is 0. The molecular weight excluding hydrogens is 288 g/mol. The maximum Gasteiger partial charge on any atom is 0.326 e. The van der Waals surface area contributed by atoms with Gasteiger partial charge in [0.1, 0.15) is 6.04 Å². The van der Waals surface area contributed by atoms with Crippen LogP contribution in [-0.2, 0) is 11.2 Å². The first kappa shape index (κ1) is 15.7. The Morgan fingerprint density at radius 1 is 1.43 bits per heavy atom. The molecule has 2 atom stereocenters. The molecular formula is C15H20N2O3S. The molecule has 1 fully saturated rings. The van der Waals surface area contributed by atoms with Crippen molar-refractivity contribution in [3.63, 3.8) is 0 Å². The van der Waals surface area contributed by atoms with Gasteiger partial charge in [0.05, 0.1) is 0 Å². The highest BCUT2D eigenvalue weighted by Gasteiger charge is 2.26. The standard InChI is InChI=1S/C15H20N2O3S/c1-11-10-17(7-8-21-11)15(20)16-13(14(18)19)9-12-5-3-2-4-6-12/h2-6,11,13H,7-10H2,1H3,(H,16,20)(H,18,19)/t11?,13-/m0/s1. The molecule has 21 heavy (non-hydrogen) atoms. The number of carboxylic acid groups (broad SMARTS) is 1. The minimum atomic E-state index is -1.01. The Morgan fingerprint density at radius 2 is 2.14 bits per heavy atom. The summed E-state index contributed by atoms with van der Waals surface area (Å²) < 4.78 is 0. The molecule has 1 heterocycles. The molecule has 1 aliphatic rings. The van der Waals surface area contributed by atoms with E-state index in [-0.39, 0.29) is 6.03 Å². The zero-order valence-electron chi connectivity index (χ0n) is 12.0. The molecule has 1 unspecified atom stereocenters. The van der Waals surface area contributed by atoms with Crippen LogP contribution in [0, 0.1) is 0 Å². The van der Waals surface area contributed by atoms with Crippen molar-refractivity contribution in [1.29, 1.82) is 0 Å². The molecule has 0 saturated carbocycles. The number of nitrogens with zero attached hydrogens (tertiary/aromatic N) is 1. The molecule has 0 aliphatic carbocycles. The van der Waals surface area contributed by atoms with Gasteiger partial charge in [0, 0.05) is 30.5 Å². The van der Waals surface area contributed by atoms with Gasteiger partial charge in [-0.1, -0.05) is 37.3 Å². The topological polar surface area (TPSA) is 69.6 Å². The number of thioether (sulfide) groups is 1. The zero-order chi connectivity index (χ0) is 15.2. The number of amides is 2. The number of carboxylic acids is 1. The summed E-state index contributed by atoms with van der Waals surface area (Å²) in [5.74, 6) is -0.114. The maximum absolute atomic E-state index is 12.2. The molecule has 114 valence electrons. The highest BCUT2D eigenvalue weighted by molar-refractivity contribution is 7.99. The van der Waals surface area contributed by atoms with Crippen LogP contribution in [0.5, 0.6) is 0 Å². The Hall–Kier alpha value is -1.69. The fourth-order valence-corrected chi connectivity index (χ4v) is 3.31. The van der Waals surface area contributed by atoms with E-state index < -0.39 is 12.0 Å². The second-order valence-corrected chi connectivity index (χ2v) is 6.70. The zero-order valence-corrected chi connectivity index (χ0v) is 12.8. The van der Waals surface area contributed by atoms with Crippen LogP contribution in [0.25, 0.3) is 0 Å². The SMILES string of the molecule is CC1CN(C(=O)N[C@@H](Cc2ccccc2)C(=O)O)CCS1. The summed E-state index contributed by atoms with van der Waals surface area (Å²) in [6.45, 7) is 3.40. The third kappa shape index (κ3) is 4.67. The van der Waals surface area contributed by atoms with Gasteiger partial charge in [0.15, 0.2) is 0 Å². The highest BCUT2D eigenvalue weighted by Crippen LogP contribution is 2.17. The predicted octanol–water partition coefficient (Wildman–Crippen LogP) is 1.83. The Kier molecular flexibility index (Phi) is 5.50. The van der Waals surface area contributed by atoms with Gasteiger partial charge < -0.3 is 15.3 Å². The lowest BCUT2D eigenvalue weighted by molar-refractivity contribution is -0.139.